The molecule has 3 aliphatic rings. The van der Waals surface area contributed by atoms with E-state index < -0.39 is 162 Å². The molecular weight excluding hydrogens is 1510 g/mol. The number of ether oxygens (including phenoxy) is 8. The second kappa shape index (κ2) is 68.6. The van der Waals surface area contributed by atoms with Crippen molar-refractivity contribution in [1.82, 2.24) is 0 Å². The van der Waals surface area contributed by atoms with E-state index in [0.29, 0.717) is 38.0 Å². The lowest BCUT2D eigenvalue weighted by Gasteiger charge is -2.50. The molecule has 0 radical (unpaired) electrons. The summed E-state index contributed by atoms with van der Waals surface area (Å²) < 4.78 is 73.4. The van der Waals surface area contributed by atoms with Crippen molar-refractivity contribution in [1.29, 1.82) is 0 Å². The standard InChI is InChI=1S/C90H167O25P/c1-6-10-14-18-22-25-28-31-32-35-36-39-42-49-56-62-74(93)107-68-72-78(97)80(99)84(103)90(111-72)114-87-85(112-76(95)64-58-52-44-41-38-34-30-27-24-20-16-12-8-3)81(100)82(101)86(113-89-83(102)79(98)77(96)71(65-91)110-89)88(87)115-116(104,105)108-67-70(109-75(94)63-57-51-43-40-37-33-29-26-23-19-15-11-7-2)66-106-73(92)61-55-50-46-45-48-54-60-69(5)59-53-47-21-17-13-9-4/h34,38,69-72,77-91,96-103H,6-33,35-37,39-68H2,1-5H3,(H,104,105)/b38-34-. The van der Waals surface area contributed by atoms with E-state index in [-0.39, 0.29) is 32.1 Å². The van der Waals surface area contributed by atoms with E-state index in [9.17, 15) is 74.6 Å². The van der Waals surface area contributed by atoms with Gasteiger partial charge in [0.1, 0.15) is 92.6 Å². The van der Waals surface area contributed by atoms with Gasteiger partial charge >= 0.3 is 31.7 Å². The zero-order valence-electron chi connectivity index (χ0n) is 72.7. The highest BCUT2D eigenvalue weighted by Crippen LogP contribution is 2.49. The first-order valence-electron chi connectivity index (χ1n) is 46.8. The van der Waals surface area contributed by atoms with E-state index in [2.05, 4.69) is 46.8 Å². The molecule has 0 aromatic rings. The molecular formula is C90H167O25P. The predicted molar refractivity (Wildman–Crippen MR) is 449 cm³/mol. The fourth-order valence-electron chi connectivity index (χ4n) is 15.6. The van der Waals surface area contributed by atoms with Crippen LogP contribution >= 0.6 is 7.82 Å². The molecule has 0 bridgehead atoms. The number of hydrogen-bond acceptors (Lipinski definition) is 24. The molecule has 0 aromatic heterocycles. The van der Waals surface area contributed by atoms with Crippen LogP contribution in [0, 0.1) is 5.92 Å². The van der Waals surface area contributed by atoms with E-state index in [0.717, 1.165) is 122 Å². The molecule has 19 unspecified atom stereocenters. The van der Waals surface area contributed by atoms with Crippen LogP contribution in [0.25, 0.3) is 0 Å². The van der Waals surface area contributed by atoms with Crippen molar-refractivity contribution in [2.75, 3.05) is 26.4 Å². The van der Waals surface area contributed by atoms with Gasteiger partial charge in [0, 0.05) is 25.7 Å². The molecule has 2 heterocycles. The average Bonchev–Trinajstić information content (AvgIpc) is 0.754. The Morgan fingerprint density at radius 1 is 0.362 bits per heavy atom. The van der Waals surface area contributed by atoms with Crippen molar-refractivity contribution in [2.45, 2.75) is 505 Å². The summed E-state index contributed by atoms with van der Waals surface area (Å²) in [5.41, 5.74) is 0. The van der Waals surface area contributed by atoms with Gasteiger partial charge in [-0.1, -0.05) is 336 Å². The Bertz CT molecular complexity index is 2480. The van der Waals surface area contributed by atoms with Crippen LogP contribution < -0.4 is 0 Å². The number of allylic oxidation sites excluding steroid dienone is 2. The molecule has 116 heavy (non-hydrogen) atoms. The lowest BCUT2D eigenvalue weighted by atomic mass is 9.84. The van der Waals surface area contributed by atoms with Crippen molar-refractivity contribution in [3.63, 3.8) is 0 Å². The van der Waals surface area contributed by atoms with Gasteiger partial charge in [0.2, 0.25) is 0 Å². The molecule has 2 saturated heterocycles. The molecule has 19 atom stereocenters. The first-order chi connectivity index (χ1) is 56.1. The second-order valence-electron chi connectivity index (χ2n) is 33.8. The minimum atomic E-state index is -5.81. The Kier molecular flexibility index (Phi) is 63.5. The van der Waals surface area contributed by atoms with Crippen molar-refractivity contribution in [2.24, 2.45) is 5.92 Å². The number of esters is 4. The lowest BCUT2D eigenvalue weighted by molar-refractivity contribution is -0.360. The summed E-state index contributed by atoms with van der Waals surface area (Å²) in [5.74, 6) is -2.28. The van der Waals surface area contributed by atoms with Crippen LogP contribution in [0.3, 0.4) is 0 Å². The maximum Gasteiger partial charge on any atom is 0.472 e. The van der Waals surface area contributed by atoms with Crippen molar-refractivity contribution >= 4 is 31.7 Å². The molecule has 0 amide bonds. The van der Waals surface area contributed by atoms with E-state index in [4.69, 9.17) is 46.9 Å². The third kappa shape index (κ3) is 48.9. The van der Waals surface area contributed by atoms with Crippen LogP contribution in [0.4, 0.5) is 0 Å². The Morgan fingerprint density at radius 3 is 1.12 bits per heavy atom. The number of phosphoric acid groups is 1. The van der Waals surface area contributed by atoms with Gasteiger partial charge in [0.05, 0.1) is 13.2 Å². The van der Waals surface area contributed by atoms with E-state index >= 15 is 0 Å². The summed E-state index contributed by atoms with van der Waals surface area (Å²) in [6, 6.07) is 0. The van der Waals surface area contributed by atoms with Crippen molar-refractivity contribution < 1.29 is 122 Å². The molecule has 3 rings (SSSR count). The van der Waals surface area contributed by atoms with Gasteiger partial charge in [0.15, 0.2) is 24.8 Å². The van der Waals surface area contributed by atoms with Crippen LogP contribution in [0.15, 0.2) is 12.2 Å². The highest BCUT2D eigenvalue weighted by atomic mass is 31.2. The number of aliphatic hydroxyl groups excluding tert-OH is 9. The number of phosphoric ester groups is 1. The number of aliphatic hydroxyl groups is 9. The SMILES string of the molecule is CCCCCCCC/C=C\CCCCCC(=O)OC1C(O)C(O)C(OC2OC(CO)C(O)C(O)C2O)C(OP(=O)(O)OCC(COC(=O)CCCCCCCCC(C)CCCCCCCC)OC(=O)CCCCCCCCCCCCCCC)C1OC1OC(COC(=O)CCCCCCCCCCCCCCCCC)C(O)C(O)C1O. The van der Waals surface area contributed by atoms with Gasteiger partial charge in [-0.05, 0) is 57.3 Å². The van der Waals surface area contributed by atoms with E-state index in [1.807, 2.05) is 0 Å². The Labute approximate surface area is 699 Å². The topological polar surface area (TPSA) is 380 Å². The third-order valence-corrected chi connectivity index (χ3v) is 24.2. The minimum absolute atomic E-state index is 0.0169. The molecule has 1 saturated carbocycles. The monoisotopic (exact) mass is 1680 g/mol. The number of rotatable bonds is 75. The molecule has 26 heteroatoms. The third-order valence-electron chi connectivity index (χ3n) is 23.2. The lowest BCUT2D eigenvalue weighted by Crippen LogP contribution is -2.70. The van der Waals surface area contributed by atoms with E-state index in [1.165, 1.54) is 180 Å². The van der Waals surface area contributed by atoms with Gasteiger partial charge in [0.25, 0.3) is 0 Å². The first-order valence-corrected chi connectivity index (χ1v) is 48.3. The summed E-state index contributed by atoms with van der Waals surface area (Å²) in [5, 5.41) is 102. The zero-order chi connectivity index (χ0) is 84.8. The van der Waals surface area contributed by atoms with E-state index in [1.54, 1.807) is 0 Å². The summed E-state index contributed by atoms with van der Waals surface area (Å²) in [4.78, 5) is 66.4. The fourth-order valence-corrected chi connectivity index (χ4v) is 16.6. The minimum Gasteiger partial charge on any atom is -0.463 e. The van der Waals surface area contributed by atoms with Crippen molar-refractivity contribution in [3.05, 3.63) is 12.2 Å². The van der Waals surface area contributed by atoms with Gasteiger partial charge in [-0.15, -0.1) is 0 Å². The van der Waals surface area contributed by atoms with Crippen LogP contribution in [0.1, 0.15) is 401 Å². The highest BCUT2D eigenvalue weighted by molar-refractivity contribution is 7.47. The van der Waals surface area contributed by atoms with Crippen LogP contribution in [-0.4, -0.2) is 205 Å². The maximum absolute atomic E-state index is 14.9. The largest absolute Gasteiger partial charge is 0.472 e. The predicted octanol–water partition coefficient (Wildman–Crippen LogP) is 17.0. The summed E-state index contributed by atoms with van der Waals surface area (Å²) in [6.07, 6.45) is 25.1. The molecule has 10 N–H and O–H groups in total. The highest BCUT2D eigenvalue weighted by Gasteiger charge is 2.60. The number of unbranched alkanes of at least 4 members (excludes halogenated alkanes) is 45. The maximum atomic E-state index is 14.9. The molecule has 682 valence electrons. The number of hydrogen-bond donors (Lipinski definition) is 10. The molecule has 3 fully saturated rings. The fraction of sp³-hybridized carbons (Fsp3) is 0.933. The molecule has 25 nitrogen and oxygen atoms in total. The summed E-state index contributed by atoms with van der Waals surface area (Å²) >= 11 is 0. The van der Waals surface area contributed by atoms with Crippen LogP contribution in [0.2, 0.25) is 0 Å². The van der Waals surface area contributed by atoms with Gasteiger partial charge in [-0.25, -0.2) is 4.57 Å². The normalized spacial score (nSPS) is 25.4. The first kappa shape index (κ1) is 107. The zero-order valence-corrected chi connectivity index (χ0v) is 73.6. The Balaban J connectivity index is 1.92. The molecule has 1 aliphatic carbocycles. The number of carbonyl (C=O) groups is 4. The summed E-state index contributed by atoms with van der Waals surface area (Å²) in [6.45, 7) is 7.92. The Hall–Kier alpha value is -2.79. The smallest absolute Gasteiger partial charge is 0.463 e. The van der Waals surface area contributed by atoms with Gasteiger partial charge in [-0.3, -0.25) is 28.2 Å². The number of carbonyl (C=O) groups excluding carboxylic acids is 4. The molecule has 0 aromatic carbocycles. The van der Waals surface area contributed by atoms with Gasteiger partial charge < -0.3 is 88.7 Å². The average molecular weight is 1680 g/mol. The van der Waals surface area contributed by atoms with Crippen molar-refractivity contribution in [3.8, 4) is 0 Å². The van der Waals surface area contributed by atoms with Gasteiger partial charge in [-0.2, -0.15) is 0 Å². The Morgan fingerprint density at radius 2 is 0.698 bits per heavy atom. The molecule has 0 spiro atoms. The molecule has 2 aliphatic heterocycles. The summed E-state index contributed by atoms with van der Waals surface area (Å²) in [7, 11) is -5.81. The van der Waals surface area contributed by atoms with Crippen LogP contribution in [-0.2, 0) is 70.7 Å². The second-order valence-corrected chi connectivity index (χ2v) is 35.2. The van der Waals surface area contributed by atoms with Crippen LogP contribution in [0.5, 0.6) is 0 Å². The quantitative estimate of drug-likeness (QED) is 0.00889.